The molecule has 8 heteroatoms. The zero-order valence-electron chi connectivity index (χ0n) is 13.3. The van der Waals surface area contributed by atoms with E-state index in [1.54, 1.807) is 31.2 Å². The highest BCUT2D eigenvalue weighted by Gasteiger charge is 2.17. The molecule has 0 saturated heterocycles. The second-order valence-electron chi connectivity index (χ2n) is 5.06. The lowest BCUT2D eigenvalue weighted by molar-refractivity contribution is -0.385. The van der Waals surface area contributed by atoms with E-state index in [9.17, 15) is 19.7 Å². The van der Waals surface area contributed by atoms with Gasteiger partial charge in [0.05, 0.1) is 4.92 Å². The maximum Gasteiger partial charge on any atom is 0.312 e. The van der Waals surface area contributed by atoms with Crippen LogP contribution in [0, 0.1) is 10.1 Å². The highest BCUT2D eigenvalue weighted by molar-refractivity contribution is 6.30. The van der Waals surface area contributed by atoms with Gasteiger partial charge in [-0.25, -0.2) is 0 Å². The summed E-state index contributed by atoms with van der Waals surface area (Å²) in [5, 5.41) is 13.9. The number of benzene rings is 2. The molecule has 1 amide bonds. The summed E-state index contributed by atoms with van der Waals surface area (Å²) < 4.78 is 5.26. The topological polar surface area (TPSA) is 98.5 Å². The molecule has 130 valence electrons. The molecule has 0 bridgehead atoms. The molecule has 0 aliphatic heterocycles. The van der Waals surface area contributed by atoms with Gasteiger partial charge in [0.1, 0.15) is 0 Å². The Morgan fingerprint density at radius 1 is 1.20 bits per heavy atom. The van der Waals surface area contributed by atoms with Crippen LogP contribution in [0.2, 0.25) is 5.02 Å². The SMILES string of the molecule is CCC(=O)Nc1ccc(C(=O)COc2ccc(Cl)cc2[N+](=O)[O-])cc1. The fourth-order valence-electron chi connectivity index (χ4n) is 1.97. The standard InChI is InChI=1S/C17H15ClN2O5/c1-2-17(22)19-13-6-3-11(4-7-13)15(21)10-25-16-8-5-12(18)9-14(16)20(23)24/h3-9H,2,10H2,1H3,(H,19,22). The number of ether oxygens (including phenoxy) is 1. The van der Waals surface area contributed by atoms with Gasteiger partial charge in [0.15, 0.2) is 18.1 Å². The van der Waals surface area contributed by atoms with Crippen LogP contribution in [0.4, 0.5) is 11.4 Å². The fourth-order valence-corrected chi connectivity index (χ4v) is 2.14. The number of amides is 1. The zero-order chi connectivity index (χ0) is 18.4. The molecule has 0 unspecified atom stereocenters. The van der Waals surface area contributed by atoms with E-state index >= 15 is 0 Å². The largest absolute Gasteiger partial charge is 0.478 e. The Morgan fingerprint density at radius 2 is 1.88 bits per heavy atom. The van der Waals surface area contributed by atoms with E-state index in [4.69, 9.17) is 16.3 Å². The lowest BCUT2D eigenvalue weighted by atomic mass is 10.1. The third-order valence-electron chi connectivity index (χ3n) is 3.29. The van der Waals surface area contributed by atoms with Crippen molar-refractivity contribution in [1.82, 2.24) is 0 Å². The van der Waals surface area contributed by atoms with E-state index in [-0.39, 0.29) is 34.8 Å². The minimum atomic E-state index is -0.628. The van der Waals surface area contributed by atoms with Crippen molar-refractivity contribution >= 4 is 34.7 Å². The minimum Gasteiger partial charge on any atom is -0.478 e. The third-order valence-corrected chi connectivity index (χ3v) is 3.52. The van der Waals surface area contributed by atoms with Gasteiger partial charge in [-0.15, -0.1) is 0 Å². The number of carbonyl (C=O) groups is 2. The van der Waals surface area contributed by atoms with E-state index in [2.05, 4.69) is 5.32 Å². The second-order valence-corrected chi connectivity index (χ2v) is 5.50. The Balaban J connectivity index is 2.03. The number of hydrogen-bond acceptors (Lipinski definition) is 5. The molecule has 0 saturated carbocycles. The van der Waals surface area contributed by atoms with Crippen molar-refractivity contribution in [2.45, 2.75) is 13.3 Å². The predicted octanol–water partition coefficient (Wildman–Crippen LogP) is 3.86. The molecule has 2 rings (SSSR count). The number of nitrogens with one attached hydrogen (secondary N) is 1. The molecule has 0 atom stereocenters. The number of nitrogens with zero attached hydrogens (tertiary/aromatic N) is 1. The van der Waals surface area contributed by atoms with Gasteiger partial charge in [0.2, 0.25) is 5.91 Å². The first-order valence-electron chi connectivity index (χ1n) is 7.40. The van der Waals surface area contributed by atoms with Crippen molar-refractivity contribution in [3.8, 4) is 5.75 Å². The van der Waals surface area contributed by atoms with Crippen LogP contribution >= 0.6 is 11.6 Å². The van der Waals surface area contributed by atoms with Crippen LogP contribution in [-0.2, 0) is 4.79 Å². The van der Waals surface area contributed by atoms with Gasteiger partial charge in [0.25, 0.3) is 0 Å². The highest BCUT2D eigenvalue weighted by Crippen LogP contribution is 2.30. The zero-order valence-corrected chi connectivity index (χ0v) is 14.1. The second kappa shape index (κ2) is 8.25. The molecular formula is C17H15ClN2O5. The fraction of sp³-hybridized carbons (Fsp3) is 0.176. The Labute approximate surface area is 148 Å². The van der Waals surface area contributed by atoms with Crippen LogP contribution in [0.15, 0.2) is 42.5 Å². The molecule has 0 spiro atoms. The first-order chi connectivity index (χ1) is 11.9. The van der Waals surface area contributed by atoms with Crippen LogP contribution in [0.3, 0.4) is 0 Å². The van der Waals surface area contributed by atoms with Crippen LogP contribution in [0.1, 0.15) is 23.7 Å². The number of carbonyl (C=O) groups excluding carboxylic acids is 2. The van der Waals surface area contributed by atoms with E-state index < -0.39 is 4.92 Å². The molecule has 0 fully saturated rings. The summed E-state index contributed by atoms with van der Waals surface area (Å²) in [6.07, 6.45) is 0.356. The van der Waals surface area contributed by atoms with Gasteiger partial charge in [0, 0.05) is 28.8 Å². The lowest BCUT2D eigenvalue weighted by Crippen LogP contribution is -2.13. The van der Waals surface area contributed by atoms with Gasteiger partial charge in [-0.2, -0.15) is 0 Å². The summed E-state index contributed by atoms with van der Waals surface area (Å²) in [5.41, 5.74) is 0.640. The summed E-state index contributed by atoms with van der Waals surface area (Å²) in [4.78, 5) is 33.8. The van der Waals surface area contributed by atoms with Crippen molar-refractivity contribution in [3.05, 3.63) is 63.2 Å². The van der Waals surface area contributed by atoms with Crippen molar-refractivity contribution in [2.24, 2.45) is 0 Å². The maximum atomic E-state index is 12.1. The average Bonchev–Trinajstić information content (AvgIpc) is 2.60. The van der Waals surface area contributed by atoms with Crippen LogP contribution < -0.4 is 10.1 Å². The Bertz CT molecular complexity index is 805. The van der Waals surface area contributed by atoms with E-state index in [1.807, 2.05) is 0 Å². The lowest BCUT2D eigenvalue weighted by Gasteiger charge is -2.07. The number of nitro benzene ring substituents is 1. The molecule has 0 radical (unpaired) electrons. The first kappa shape index (κ1) is 18.4. The van der Waals surface area contributed by atoms with Crippen molar-refractivity contribution in [3.63, 3.8) is 0 Å². The summed E-state index contributed by atoms with van der Waals surface area (Å²) in [6.45, 7) is 1.38. The van der Waals surface area contributed by atoms with Crippen LogP contribution in [0.5, 0.6) is 5.75 Å². The highest BCUT2D eigenvalue weighted by atomic mass is 35.5. The molecule has 0 aliphatic rings. The van der Waals surface area contributed by atoms with Crippen LogP contribution in [0.25, 0.3) is 0 Å². The number of halogens is 1. The number of anilines is 1. The molecule has 7 nitrogen and oxygen atoms in total. The Morgan fingerprint density at radius 3 is 2.48 bits per heavy atom. The molecule has 0 heterocycles. The van der Waals surface area contributed by atoms with Gasteiger partial charge >= 0.3 is 5.69 Å². The predicted molar refractivity (Wildman–Crippen MR) is 93.3 cm³/mol. The minimum absolute atomic E-state index is 0.0328. The molecule has 25 heavy (non-hydrogen) atoms. The molecule has 2 aromatic rings. The van der Waals surface area contributed by atoms with E-state index in [0.717, 1.165) is 6.07 Å². The smallest absolute Gasteiger partial charge is 0.312 e. The first-order valence-corrected chi connectivity index (χ1v) is 7.78. The number of nitro groups is 1. The molecule has 1 N–H and O–H groups in total. The molecule has 0 aliphatic carbocycles. The average molecular weight is 363 g/mol. The summed E-state index contributed by atoms with van der Waals surface area (Å²) in [6, 6.07) is 10.3. The van der Waals surface area contributed by atoms with Gasteiger partial charge in [-0.1, -0.05) is 18.5 Å². The van der Waals surface area contributed by atoms with Crippen LogP contribution in [-0.4, -0.2) is 23.2 Å². The Hall–Kier alpha value is -2.93. The quantitative estimate of drug-likeness (QED) is 0.458. The maximum absolute atomic E-state index is 12.1. The molecule has 0 aromatic heterocycles. The summed E-state index contributed by atoms with van der Waals surface area (Å²) in [5.74, 6) is -0.510. The normalized spacial score (nSPS) is 10.2. The van der Waals surface area contributed by atoms with Gasteiger partial charge in [-0.05, 0) is 36.4 Å². The summed E-state index contributed by atoms with van der Waals surface area (Å²) >= 11 is 5.72. The van der Waals surface area contributed by atoms with Crippen molar-refractivity contribution in [2.75, 3.05) is 11.9 Å². The monoisotopic (exact) mass is 362 g/mol. The van der Waals surface area contributed by atoms with Gasteiger partial charge < -0.3 is 10.1 Å². The number of rotatable bonds is 7. The number of ketones is 1. The summed E-state index contributed by atoms with van der Waals surface area (Å²) in [7, 11) is 0. The number of Topliss-reactive ketones (excluding diaryl/α,β-unsaturated/α-hetero) is 1. The molecule has 2 aromatic carbocycles. The van der Waals surface area contributed by atoms with E-state index in [0.29, 0.717) is 17.7 Å². The van der Waals surface area contributed by atoms with E-state index in [1.165, 1.54) is 12.1 Å². The Kier molecular flexibility index (Phi) is 6.08. The number of hydrogen-bond donors (Lipinski definition) is 1. The van der Waals surface area contributed by atoms with Gasteiger partial charge in [-0.3, -0.25) is 19.7 Å². The van der Waals surface area contributed by atoms with Crippen molar-refractivity contribution in [1.29, 1.82) is 0 Å². The van der Waals surface area contributed by atoms with Crippen molar-refractivity contribution < 1.29 is 19.2 Å². The molecular weight excluding hydrogens is 348 g/mol. The third kappa shape index (κ3) is 5.02.